The number of cyclic esters (lactones) is 1. The second-order valence-corrected chi connectivity index (χ2v) is 13.3. The lowest BCUT2D eigenvalue weighted by molar-refractivity contribution is -0.167. The number of hydrogen-bond donors (Lipinski definition) is 3. The van der Waals surface area contributed by atoms with E-state index in [9.17, 15) is 19.2 Å². The molecule has 5 rings (SSSR count). The fourth-order valence-corrected chi connectivity index (χ4v) is 6.20. The SMILES string of the molecule is CC1NC(=O)C(C(C)C)OC(=O)C(CCC2(C)OCCO2)C/C=C/c2cc3cc(ccc3cn2)[C@@H](C)NC(=O)C2CCCN(N2)C1=O. The van der Waals surface area contributed by atoms with Crippen LogP contribution in [0.25, 0.3) is 16.8 Å². The highest BCUT2D eigenvalue weighted by Crippen LogP contribution is 2.29. The fourth-order valence-electron chi connectivity index (χ4n) is 6.20. The fraction of sp³-hybridized carbons (Fsp3) is 0.571. The van der Waals surface area contributed by atoms with Crippen LogP contribution in [0.2, 0.25) is 0 Å². The summed E-state index contributed by atoms with van der Waals surface area (Å²) in [5.74, 6) is -3.38. The van der Waals surface area contributed by atoms with Crippen LogP contribution in [0.4, 0.5) is 0 Å². The van der Waals surface area contributed by atoms with Crippen molar-refractivity contribution in [1.29, 1.82) is 0 Å². The summed E-state index contributed by atoms with van der Waals surface area (Å²) in [4.78, 5) is 58.4. The molecule has 0 radical (unpaired) electrons. The van der Waals surface area contributed by atoms with E-state index in [-0.39, 0.29) is 23.8 Å². The van der Waals surface area contributed by atoms with Crippen LogP contribution in [0.3, 0.4) is 0 Å². The van der Waals surface area contributed by atoms with Gasteiger partial charge in [-0.2, -0.15) is 0 Å². The number of nitrogens with one attached hydrogen (secondary N) is 3. The zero-order chi connectivity index (χ0) is 33.7. The standard InChI is InChI=1S/C35H47N5O7/c1-21(2)30-32(42)38-23(4)33(43)40-15-7-10-29(39-40)31(41)37-22(3)25-11-12-26-20-36-28(19-27(26)18-25)9-6-8-24(34(44)47-30)13-14-35(5)45-16-17-46-35/h6,9,11-12,18-24,29-30,39H,7-8,10,13-17H2,1-5H3,(H,37,41)(H,38,42)/b9-6+/t22-,23?,24?,29?,30?/m1/s1. The number of hydrazine groups is 1. The maximum atomic E-state index is 13.7. The number of rotatable bonds is 4. The molecule has 1 aromatic heterocycles. The van der Waals surface area contributed by atoms with Crippen molar-refractivity contribution >= 4 is 40.5 Å². The van der Waals surface area contributed by atoms with Crippen molar-refractivity contribution < 1.29 is 33.4 Å². The van der Waals surface area contributed by atoms with Crippen LogP contribution in [0.5, 0.6) is 0 Å². The minimum absolute atomic E-state index is 0.214. The average Bonchev–Trinajstić information content (AvgIpc) is 3.49. The smallest absolute Gasteiger partial charge is 0.310 e. The van der Waals surface area contributed by atoms with Gasteiger partial charge in [-0.25, -0.2) is 5.43 Å². The number of hydrogen-bond acceptors (Lipinski definition) is 9. The van der Waals surface area contributed by atoms with Crippen LogP contribution in [-0.4, -0.2) is 77.4 Å². The molecular weight excluding hydrogens is 602 g/mol. The molecule has 2 aromatic rings. The summed E-state index contributed by atoms with van der Waals surface area (Å²) in [6.45, 7) is 10.3. The number of ether oxygens (including phenoxy) is 3. The Labute approximate surface area is 275 Å². The Balaban J connectivity index is 1.45. The van der Waals surface area contributed by atoms with Crippen molar-refractivity contribution in [2.45, 2.75) is 96.7 Å². The summed E-state index contributed by atoms with van der Waals surface area (Å²) in [5.41, 5.74) is 4.71. The zero-order valence-corrected chi connectivity index (χ0v) is 27.9. The Kier molecular flexibility index (Phi) is 10.9. The summed E-state index contributed by atoms with van der Waals surface area (Å²) >= 11 is 0. The van der Waals surface area contributed by atoms with E-state index in [0.29, 0.717) is 51.9 Å². The number of nitrogens with zero attached hydrogens (tertiary/aromatic N) is 2. The van der Waals surface area contributed by atoms with E-state index in [1.54, 1.807) is 27.0 Å². The highest BCUT2D eigenvalue weighted by molar-refractivity contribution is 5.91. The Bertz CT molecular complexity index is 1500. The molecule has 2 fully saturated rings. The summed E-state index contributed by atoms with van der Waals surface area (Å²) in [5, 5.41) is 9.14. The topological polar surface area (TPSA) is 148 Å². The van der Waals surface area contributed by atoms with E-state index >= 15 is 0 Å². The molecule has 254 valence electrons. The minimum Gasteiger partial charge on any atom is -0.452 e. The Morgan fingerprint density at radius 1 is 1.00 bits per heavy atom. The molecule has 2 saturated heterocycles. The Morgan fingerprint density at radius 3 is 2.49 bits per heavy atom. The number of amides is 3. The molecule has 0 aliphatic carbocycles. The van der Waals surface area contributed by atoms with Gasteiger partial charge in [-0.15, -0.1) is 0 Å². The molecule has 1 aromatic carbocycles. The third-order valence-corrected chi connectivity index (χ3v) is 9.12. The molecule has 5 atom stereocenters. The molecule has 12 heteroatoms. The summed E-state index contributed by atoms with van der Waals surface area (Å²) < 4.78 is 17.4. The summed E-state index contributed by atoms with van der Waals surface area (Å²) in [6, 6.07) is 6.14. The molecule has 3 N–H and O–H groups in total. The number of aromatic nitrogens is 1. The van der Waals surface area contributed by atoms with Crippen molar-refractivity contribution in [2.75, 3.05) is 19.8 Å². The quantitative estimate of drug-likeness (QED) is 0.423. The molecule has 12 nitrogen and oxygen atoms in total. The molecule has 0 spiro atoms. The molecule has 3 aliphatic heterocycles. The second-order valence-electron chi connectivity index (χ2n) is 13.3. The maximum absolute atomic E-state index is 13.7. The lowest BCUT2D eigenvalue weighted by Crippen LogP contribution is -2.61. The number of allylic oxidation sites excluding steroid dienone is 1. The number of esters is 1. The molecule has 3 aliphatic rings. The van der Waals surface area contributed by atoms with Gasteiger partial charge in [-0.05, 0) is 81.5 Å². The normalized spacial score (nSPS) is 28.5. The van der Waals surface area contributed by atoms with E-state index in [0.717, 1.165) is 22.0 Å². The predicted molar refractivity (Wildman–Crippen MR) is 175 cm³/mol. The van der Waals surface area contributed by atoms with E-state index in [2.05, 4.69) is 21.0 Å². The Morgan fingerprint density at radius 2 is 1.74 bits per heavy atom. The van der Waals surface area contributed by atoms with E-state index in [4.69, 9.17) is 14.2 Å². The lowest BCUT2D eigenvalue weighted by Gasteiger charge is -2.35. The number of carbonyl (C=O) groups is 4. The van der Waals surface area contributed by atoms with Crippen molar-refractivity contribution in [1.82, 2.24) is 26.1 Å². The predicted octanol–water partition coefficient (Wildman–Crippen LogP) is 3.56. The first-order valence-corrected chi connectivity index (χ1v) is 16.7. The molecular formula is C35H47N5O7. The van der Waals surface area contributed by atoms with Gasteiger partial charge in [0.15, 0.2) is 11.9 Å². The first kappa shape index (κ1) is 34.5. The molecule has 4 unspecified atom stereocenters. The largest absolute Gasteiger partial charge is 0.452 e. The van der Waals surface area contributed by atoms with Crippen LogP contribution < -0.4 is 16.1 Å². The zero-order valence-electron chi connectivity index (χ0n) is 27.9. The summed E-state index contributed by atoms with van der Waals surface area (Å²) in [6.07, 6.45) is 6.87. The van der Waals surface area contributed by atoms with Gasteiger partial charge in [0, 0.05) is 24.5 Å². The van der Waals surface area contributed by atoms with Crippen LogP contribution in [0.15, 0.2) is 36.5 Å². The van der Waals surface area contributed by atoms with Crippen molar-refractivity contribution in [3.05, 3.63) is 47.8 Å². The monoisotopic (exact) mass is 649 g/mol. The van der Waals surface area contributed by atoms with Crippen molar-refractivity contribution in [3.8, 4) is 0 Å². The van der Waals surface area contributed by atoms with Crippen LogP contribution >= 0.6 is 0 Å². The summed E-state index contributed by atoms with van der Waals surface area (Å²) in [7, 11) is 0. The van der Waals surface area contributed by atoms with Gasteiger partial charge in [0.25, 0.3) is 11.8 Å². The van der Waals surface area contributed by atoms with Gasteiger partial charge in [-0.3, -0.25) is 29.2 Å². The van der Waals surface area contributed by atoms with E-state index < -0.39 is 41.8 Å². The number of fused-ring (bicyclic) bond motifs is 4. The molecule has 0 saturated carbocycles. The van der Waals surface area contributed by atoms with Crippen LogP contribution in [0.1, 0.15) is 84.0 Å². The minimum atomic E-state index is -1.11. The first-order valence-electron chi connectivity index (χ1n) is 16.7. The highest BCUT2D eigenvalue weighted by Gasteiger charge is 2.36. The molecule has 47 heavy (non-hydrogen) atoms. The van der Waals surface area contributed by atoms with Gasteiger partial charge in [0.05, 0.1) is 30.9 Å². The van der Waals surface area contributed by atoms with E-state index in [1.807, 2.05) is 50.3 Å². The van der Waals surface area contributed by atoms with Gasteiger partial charge in [-0.1, -0.05) is 32.1 Å². The van der Waals surface area contributed by atoms with Gasteiger partial charge in [0.2, 0.25) is 5.91 Å². The lowest BCUT2D eigenvalue weighted by atomic mass is 9.95. The average molecular weight is 650 g/mol. The number of pyridine rings is 1. The van der Waals surface area contributed by atoms with Gasteiger partial charge in [0.1, 0.15) is 12.1 Å². The molecule has 5 bridgehead atoms. The van der Waals surface area contributed by atoms with E-state index in [1.165, 1.54) is 5.01 Å². The van der Waals surface area contributed by atoms with Gasteiger partial charge < -0.3 is 24.8 Å². The Hall–Kier alpha value is -3.87. The third kappa shape index (κ3) is 8.54. The van der Waals surface area contributed by atoms with Crippen molar-refractivity contribution in [3.63, 3.8) is 0 Å². The maximum Gasteiger partial charge on any atom is 0.310 e. The molecule has 4 heterocycles. The molecule has 3 amide bonds. The van der Waals surface area contributed by atoms with Gasteiger partial charge >= 0.3 is 5.97 Å². The first-order chi connectivity index (χ1) is 22.4. The van der Waals surface area contributed by atoms with Crippen LogP contribution in [-0.2, 0) is 33.4 Å². The second kappa shape index (κ2) is 14.9. The van der Waals surface area contributed by atoms with Crippen molar-refractivity contribution in [2.24, 2.45) is 11.8 Å². The number of benzene rings is 1. The highest BCUT2D eigenvalue weighted by atomic mass is 16.7. The van der Waals surface area contributed by atoms with Crippen LogP contribution in [0, 0.1) is 11.8 Å². The third-order valence-electron chi connectivity index (χ3n) is 9.12. The number of carbonyl (C=O) groups excluding carboxylic acids is 4.